The number of sulfonamides is 1. The number of hydrogen-bond acceptors (Lipinski definition) is 6. The average molecular weight is 645 g/mol. The number of halogens is 9. The number of alkyl halides is 9. The van der Waals surface area contributed by atoms with Crippen LogP contribution in [0.5, 0.6) is 5.75 Å². The molecule has 0 aromatic heterocycles. The van der Waals surface area contributed by atoms with E-state index in [4.69, 9.17) is 4.74 Å². The summed E-state index contributed by atoms with van der Waals surface area (Å²) < 4.78 is 153. The van der Waals surface area contributed by atoms with Gasteiger partial charge in [0.05, 0.1) is 47.4 Å². The number of aliphatic hydroxyl groups excluding tert-OH is 1. The van der Waals surface area contributed by atoms with Crippen LogP contribution in [0, 0.1) is 0 Å². The lowest BCUT2D eigenvalue weighted by atomic mass is 9.98. The second-order valence-corrected chi connectivity index (χ2v) is 11.0. The van der Waals surface area contributed by atoms with Crippen LogP contribution in [0.25, 0.3) is 0 Å². The Hall–Kier alpha value is -3.54. The molecule has 234 valence electrons. The van der Waals surface area contributed by atoms with E-state index in [0.717, 1.165) is 72.8 Å². The highest BCUT2D eigenvalue weighted by atomic mass is 32.2. The number of anilines is 2. The molecule has 7 nitrogen and oxygen atoms in total. The van der Waals surface area contributed by atoms with Crippen LogP contribution in [-0.4, -0.2) is 51.3 Å². The van der Waals surface area contributed by atoms with E-state index in [1.807, 2.05) is 0 Å². The molecule has 1 heterocycles. The number of nitrogens with zero attached hydrogens (tertiary/aromatic N) is 1. The van der Waals surface area contributed by atoms with Gasteiger partial charge in [-0.2, -0.15) is 26.3 Å². The summed E-state index contributed by atoms with van der Waals surface area (Å²) in [6, 6.07) is 7.62. The van der Waals surface area contributed by atoms with Crippen LogP contribution in [0.2, 0.25) is 0 Å². The smallest absolute Gasteiger partial charge is 0.406 e. The highest BCUT2D eigenvalue weighted by molar-refractivity contribution is 7.89. The number of aliphatic hydroxyl groups is 1. The zero-order chi connectivity index (χ0) is 31.8. The monoisotopic (exact) mass is 644 g/mol. The molecular weight excluding hydrogens is 623 g/mol. The van der Waals surface area contributed by atoms with Crippen molar-refractivity contribution < 1.29 is 62.5 Å². The van der Waals surface area contributed by atoms with Crippen molar-refractivity contribution in [3.05, 3.63) is 83.9 Å². The van der Waals surface area contributed by atoms with Gasteiger partial charge in [-0.15, -0.1) is 13.2 Å². The molecule has 43 heavy (non-hydrogen) atoms. The molecule has 1 aliphatic heterocycles. The fraction of sp³-hybridized carbons (Fsp3) is 0.308. The Morgan fingerprint density at radius 3 is 1.63 bits per heavy atom. The highest BCUT2D eigenvalue weighted by Gasteiger charge is 2.40. The number of ether oxygens (including phenoxy) is 2. The minimum Gasteiger partial charge on any atom is -0.406 e. The Morgan fingerprint density at radius 1 is 0.744 bits per heavy atom. The van der Waals surface area contributed by atoms with Crippen molar-refractivity contribution in [2.24, 2.45) is 0 Å². The molecule has 0 amide bonds. The Kier molecular flexibility index (Phi) is 8.93. The quantitative estimate of drug-likeness (QED) is 0.313. The molecule has 0 unspecified atom stereocenters. The van der Waals surface area contributed by atoms with Gasteiger partial charge in [0.15, 0.2) is 0 Å². The maximum atomic E-state index is 13.2. The Labute approximate surface area is 238 Å². The van der Waals surface area contributed by atoms with Crippen LogP contribution < -0.4 is 14.4 Å². The summed E-state index contributed by atoms with van der Waals surface area (Å²) in [4.78, 5) is 0.730. The van der Waals surface area contributed by atoms with Crippen LogP contribution in [-0.2, 0) is 27.1 Å². The van der Waals surface area contributed by atoms with Crippen LogP contribution >= 0.6 is 0 Å². The van der Waals surface area contributed by atoms with E-state index in [0.29, 0.717) is 0 Å². The average Bonchev–Trinajstić information content (AvgIpc) is 2.90. The number of rotatable bonds is 7. The zero-order valence-corrected chi connectivity index (χ0v) is 22.2. The summed E-state index contributed by atoms with van der Waals surface area (Å²) in [6.45, 7) is -0.703. The fourth-order valence-corrected chi connectivity index (χ4v) is 5.59. The second-order valence-electron chi connectivity index (χ2n) is 9.30. The summed E-state index contributed by atoms with van der Waals surface area (Å²) in [7, 11) is -4.47. The Morgan fingerprint density at radius 2 is 1.21 bits per heavy atom. The van der Waals surface area contributed by atoms with Gasteiger partial charge in [0, 0.05) is 11.4 Å². The number of benzene rings is 3. The third-order valence-electron chi connectivity index (χ3n) is 6.34. The Bertz CT molecular complexity index is 1440. The van der Waals surface area contributed by atoms with E-state index < -0.39 is 68.7 Å². The van der Waals surface area contributed by atoms with Gasteiger partial charge in [0.25, 0.3) is 0 Å². The van der Waals surface area contributed by atoms with Crippen LogP contribution in [0.3, 0.4) is 0 Å². The third-order valence-corrected chi connectivity index (χ3v) is 7.85. The summed E-state index contributed by atoms with van der Waals surface area (Å²) in [5, 5.41) is 11.2. The third kappa shape index (κ3) is 7.90. The molecule has 0 aliphatic carbocycles. The van der Waals surface area contributed by atoms with Gasteiger partial charge >= 0.3 is 18.7 Å². The fourth-order valence-electron chi connectivity index (χ4n) is 4.35. The van der Waals surface area contributed by atoms with Gasteiger partial charge in [-0.3, -0.25) is 0 Å². The first kappa shape index (κ1) is 32.4. The van der Waals surface area contributed by atoms with E-state index in [1.165, 1.54) is 4.90 Å². The van der Waals surface area contributed by atoms with Crippen LogP contribution in [0.1, 0.15) is 11.1 Å². The molecule has 4 rings (SSSR count). The van der Waals surface area contributed by atoms with E-state index in [1.54, 1.807) is 0 Å². The van der Waals surface area contributed by atoms with Crippen molar-refractivity contribution in [3.63, 3.8) is 0 Å². The van der Waals surface area contributed by atoms with E-state index in [9.17, 15) is 53.0 Å². The first-order valence-electron chi connectivity index (χ1n) is 12.1. The molecule has 0 spiro atoms. The lowest BCUT2D eigenvalue weighted by Gasteiger charge is -2.42. The number of nitrogens with one attached hydrogen (secondary N) is 1. The van der Waals surface area contributed by atoms with Gasteiger partial charge in [0.1, 0.15) is 5.75 Å². The van der Waals surface area contributed by atoms with Crippen LogP contribution in [0.15, 0.2) is 77.7 Å². The lowest BCUT2D eigenvalue weighted by Crippen LogP contribution is -2.60. The molecular formula is C26H21F9N2O5S. The number of hydrogen-bond donors (Lipinski definition) is 2. The SMILES string of the molecule is O=S(=O)(N[C@H]1COC[C@@H](N(c2ccc(C(F)(F)F)cc2)c2ccc(C(F)(F)F)cc2)[C@@H]1O)c1ccc(OC(F)(F)F)cc1. The van der Waals surface area contributed by atoms with Crippen molar-refractivity contribution in [1.82, 2.24) is 4.72 Å². The molecule has 1 saturated heterocycles. The largest absolute Gasteiger partial charge is 0.573 e. The predicted molar refractivity (Wildman–Crippen MR) is 133 cm³/mol. The molecule has 3 aromatic carbocycles. The van der Waals surface area contributed by atoms with Crippen molar-refractivity contribution >= 4 is 21.4 Å². The normalized spacial score (nSPS) is 20.1. The predicted octanol–water partition coefficient (Wildman–Crippen LogP) is 5.87. The summed E-state index contributed by atoms with van der Waals surface area (Å²) in [5.74, 6) is -0.684. The van der Waals surface area contributed by atoms with Crippen LogP contribution in [0.4, 0.5) is 50.9 Å². The van der Waals surface area contributed by atoms with E-state index in [-0.39, 0.29) is 24.6 Å². The van der Waals surface area contributed by atoms with E-state index >= 15 is 0 Å². The van der Waals surface area contributed by atoms with Crippen molar-refractivity contribution in [3.8, 4) is 5.75 Å². The second kappa shape index (κ2) is 11.9. The van der Waals surface area contributed by atoms with Gasteiger partial charge in [0.2, 0.25) is 10.0 Å². The lowest BCUT2D eigenvalue weighted by molar-refractivity contribution is -0.274. The first-order chi connectivity index (χ1) is 19.8. The molecule has 1 aliphatic rings. The van der Waals surface area contributed by atoms with Gasteiger partial charge in [-0.05, 0) is 72.8 Å². The molecule has 0 saturated carbocycles. The minimum absolute atomic E-state index is 0.0177. The van der Waals surface area contributed by atoms with Crippen molar-refractivity contribution in [2.75, 3.05) is 18.1 Å². The minimum atomic E-state index is -5.01. The maximum Gasteiger partial charge on any atom is 0.573 e. The summed E-state index contributed by atoms with van der Waals surface area (Å²) in [6.07, 6.45) is -16.0. The molecule has 1 fully saturated rings. The topological polar surface area (TPSA) is 88.1 Å². The van der Waals surface area contributed by atoms with Gasteiger partial charge in [-0.25, -0.2) is 13.1 Å². The molecule has 17 heteroatoms. The summed E-state index contributed by atoms with van der Waals surface area (Å²) in [5.41, 5.74) is -1.99. The standard InChI is InChI=1S/C26H21F9N2O5S/c27-24(28,29)15-1-5-17(6-2-15)37(18-7-3-16(4-8-18)25(30,31)32)22-14-41-13-21(23(22)38)36-43(39,40)20-11-9-19(10-12-20)42-26(33,34)35/h1-12,21-23,36,38H,13-14H2/t21-,22+,23+/m0/s1. The zero-order valence-electron chi connectivity index (χ0n) is 21.4. The molecule has 2 N–H and O–H groups in total. The molecule has 0 radical (unpaired) electrons. The van der Waals surface area contributed by atoms with Crippen molar-refractivity contribution in [1.29, 1.82) is 0 Å². The summed E-state index contributed by atoms with van der Waals surface area (Å²) >= 11 is 0. The first-order valence-corrected chi connectivity index (χ1v) is 13.6. The molecule has 3 atom stereocenters. The van der Waals surface area contributed by atoms with Gasteiger partial charge < -0.3 is 19.5 Å². The van der Waals surface area contributed by atoms with Gasteiger partial charge in [-0.1, -0.05) is 0 Å². The highest BCUT2D eigenvalue weighted by Crippen LogP contribution is 2.37. The molecule has 3 aromatic rings. The maximum absolute atomic E-state index is 13.2. The molecule has 0 bridgehead atoms. The van der Waals surface area contributed by atoms with Crippen molar-refractivity contribution in [2.45, 2.75) is 41.8 Å². The Balaban J connectivity index is 1.64. The van der Waals surface area contributed by atoms with E-state index in [2.05, 4.69) is 9.46 Å².